The van der Waals surface area contributed by atoms with Crippen LogP contribution in [0.1, 0.15) is 6.42 Å². The molecule has 4 aliphatic carbocycles. The van der Waals surface area contributed by atoms with Crippen LogP contribution in [0.3, 0.4) is 0 Å². The van der Waals surface area contributed by atoms with Gasteiger partial charge in [0.2, 0.25) is 0 Å². The van der Waals surface area contributed by atoms with Gasteiger partial charge in [0.25, 0.3) is 0 Å². The van der Waals surface area contributed by atoms with Crippen molar-refractivity contribution in [3.63, 3.8) is 0 Å². The van der Waals surface area contributed by atoms with Gasteiger partial charge in [-0.15, -0.1) is 23.2 Å². The Labute approximate surface area is 102 Å². The van der Waals surface area contributed by atoms with Crippen molar-refractivity contribution in [2.75, 3.05) is 0 Å². The van der Waals surface area contributed by atoms with Crippen molar-refractivity contribution in [1.29, 1.82) is 0 Å². The Bertz CT molecular complexity index is 338. The van der Waals surface area contributed by atoms with Gasteiger partial charge >= 0.3 is 0 Å². The molecule has 0 aromatic heterocycles. The van der Waals surface area contributed by atoms with Gasteiger partial charge in [0.1, 0.15) is 4.33 Å². The largest absolute Gasteiger partial charge is 0.125 e. The lowest BCUT2D eigenvalue weighted by atomic mass is 9.82. The second-order valence-electron chi connectivity index (χ2n) is 5.27. The molecule has 0 heterocycles. The average molecular weight is 294 g/mol. The number of hydrogen-bond acceptors (Lipinski definition) is 0. The highest BCUT2D eigenvalue weighted by atomic mass is 79.9. The molecule has 0 aromatic carbocycles. The second kappa shape index (κ2) is 2.38. The Kier molecular flexibility index (Phi) is 1.51. The lowest BCUT2D eigenvalue weighted by Crippen LogP contribution is -2.21. The van der Waals surface area contributed by atoms with Gasteiger partial charge < -0.3 is 0 Å². The summed E-state index contributed by atoms with van der Waals surface area (Å²) in [6.07, 6.45) is 6.05. The van der Waals surface area contributed by atoms with E-state index in [9.17, 15) is 0 Å². The number of halogens is 3. The van der Waals surface area contributed by atoms with Crippen molar-refractivity contribution >= 4 is 39.1 Å². The van der Waals surface area contributed by atoms with E-state index in [0.29, 0.717) is 22.6 Å². The molecule has 2 bridgehead atoms. The normalized spacial score (nSPS) is 65.5. The summed E-state index contributed by atoms with van der Waals surface area (Å²) in [5, 5.41) is 0. The van der Waals surface area contributed by atoms with E-state index in [1.807, 2.05) is 0 Å². The van der Waals surface area contributed by atoms with E-state index in [4.69, 9.17) is 23.2 Å². The van der Waals surface area contributed by atoms with Gasteiger partial charge in [-0.3, -0.25) is 0 Å². The highest BCUT2D eigenvalue weighted by Crippen LogP contribution is 2.77. The van der Waals surface area contributed by atoms with Crippen LogP contribution in [0.15, 0.2) is 12.2 Å². The summed E-state index contributed by atoms with van der Waals surface area (Å²) in [7, 11) is 0. The third kappa shape index (κ3) is 0.780. The molecule has 3 saturated carbocycles. The Hall–Kier alpha value is 0.800. The maximum atomic E-state index is 6.29. The molecule has 3 fully saturated rings. The van der Waals surface area contributed by atoms with Crippen molar-refractivity contribution < 1.29 is 0 Å². The lowest BCUT2D eigenvalue weighted by molar-refractivity contribution is 0.310. The molecule has 7 atom stereocenters. The molecule has 0 radical (unpaired) electrons. The summed E-state index contributed by atoms with van der Waals surface area (Å²) < 4.78 is -0.369. The first-order valence-corrected chi connectivity index (χ1v) is 6.99. The highest BCUT2D eigenvalue weighted by molar-refractivity contribution is 9.09. The van der Waals surface area contributed by atoms with Crippen LogP contribution in [0.25, 0.3) is 0 Å². The molecule has 0 saturated heterocycles. The molecule has 76 valence electrons. The van der Waals surface area contributed by atoms with Crippen LogP contribution in [-0.4, -0.2) is 9.16 Å². The van der Waals surface area contributed by atoms with Crippen LogP contribution in [0.4, 0.5) is 0 Å². The number of alkyl halides is 3. The first-order valence-electron chi connectivity index (χ1n) is 5.32. The number of hydrogen-bond donors (Lipinski definition) is 0. The van der Waals surface area contributed by atoms with E-state index in [0.717, 1.165) is 17.8 Å². The average Bonchev–Trinajstić information content (AvgIpc) is 2.59. The summed E-state index contributed by atoms with van der Waals surface area (Å²) in [5.74, 6) is 4.31. The molecule has 0 aromatic rings. The van der Waals surface area contributed by atoms with E-state index < -0.39 is 0 Å². The minimum atomic E-state index is -0.369. The summed E-state index contributed by atoms with van der Waals surface area (Å²) in [6.45, 7) is 0. The Morgan fingerprint density at radius 1 is 1.21 bits per heavy atom. The molecule has 0 spiro atoms. The van der Waals surface area contributed by atoms with Crippen molar-refractivity contribution in [1.82, 2.24) is 0 Å². The summed E-state index contributed by atoms with van der Waals surface area (Å²) in [4.78, 5) is 0.670. The van der Waals surface area contributed by atoms with Gasteiger partial charge in [-0.1, -0.05) is 28.1 Å². The van der Waals surface area contributed by atoms with Crippen molar-refractivity contribution in [2.45, 2.75) is 15.6 Å². The van der Waals surface area contributed by atoms with Crippen LogP contribution >= 0.6 is 39.1 Å². The first kappa shape index (κ1) is 8.90. The maximum absolute atomic E-state index is 6.29. The van der Waals surface area contributed by atoms with Gasteiger partial charge in [-0.2, -0.15) is 0 Å². The molecule has 14 heavy (non-hydrogen) atoms. The van der Waals surface area contributed by atoms with Gasteiger partial charge in [-0.05, 0) is 36.0 Å². The number of fused-ring (bicyclic) bond motifs is 7. The molecule has 0 amide bonds. The quantitative estimate of drug-likeness (QED) is 0.473. The van der Waals surface area contributed by atoms with E-state index in [2.05, 4.69) is 28.1 Å². The molecule has 7 unspecified atom stereocenters. The van der Waals surface area contributed by atoms with E-state index in [1.54, 1.807) is 0 Å². The van der Waals surface area contributed by atoms with Crippen molar-refractivity contribution in [3.05, 3.63) is 12.2 Å². The first-order chi connectivity index (χ1) is 6.62. The molecule has 0 nitrogen and oxygen atoms in total. The zero-order chi connectivity index (χ0) is 9.66. The number of rotatable bonds is 0. The van der Waals surface area contributed by atoms with Crippen LogP contribution < -0.4 is 0 Å². The zero-order valence-electron chi connectivity index (χ0n) is 7.54. The van der Waals surface area contributed by atoms with Gasteiger partial charge in [0.15, 0.2) is 0 Å². The third-order valence-electron chi connectivity index (χ3n) is 4.93. The van der Waals surface area contributed by atoms with Gasteiger partial charge in [0.05, 0.1) is 0 Å². The second-order valence-corrected chi connectivity index (χ2v) is 7.77. The fraction of sp³-hybridized carbons (Fsp3) is 0.818. The molecule has 4 rings (SSSR count). The predicted octanol–water partition coefficient (Wildman–Crippen LogP) is 3.62. The molecule has 0 aliphatic heterocycles. The monoisotopic (exact) mass is 292 g/mol. The van der Waals surface area contributed by atoms with Crippen LogP contribution in [0.2, 0.25) is 0 Å². The molecular formula is C11H11BrCl2. The zero-order valence-corrected chi connectivity index (χ0v) is 10.6. The smallest absolute Gasteiger partial charge is 0.101 e. The predicted molar refractivity (Wildman–Crippen MR) is 61.8 cm³/mol. The Balaban J connectivity index is 1.74. The minimum absolute atomic E-state index is 0.369. The highest BCUT2D eigenvalue weighted by Gasteiger charge is 2.75. The SMILES string of the molecule is ClC1(Cl)C2CC3C4C=CC(C4Br)C3C21. The topological polar surface area (TPSA) is 0 Å². The number of allylic oxidation sites excluding steroid dienone is 2. The fourth-order valence-electron chi connectivity index (χ4n) is 4.35. The van der Waals surface area contributed by atoms with Gasteiger partial charge in [0, 0.05) is 10.7 Å². The minimum Gasteiger partial charge on any atom is -0.101 e. The van der Waals surface area contributed by atoms with Crippen LogP contribution in [0.5, 0.6) is 0 Å². The summed E-state index contributed by atoms with van der Waals surface area (Å²) in [5.41, 5.74) is 0. The third-order valence-corrected chi connectivity index (χ3v) is 7.21. The van der Waals surface area contributed by atoms with Crippen LogP contribution in [0, 0.1) is 35.5 Å². The van der Waals surface area contributed by atoms with E-state index in [1.165, 1.54) is 6.42 Å². The Morgan fingerprint density at radius 3 is 2.71 bits per heavy atom. The molecular weight excluding hydrogens is 283 g/mol. The Morgan fingerprint density at radius 2 is 1.93 bits per heavy atom. The lowest BCUT2D eigenvalue weighted by Gasteiger charge is -2.25. The summed E-state index contributed by atoms with van der Waals surface area (Å²) >= 11 is 16.4. The molecule has 3 heteroatoms. The standard InChI is InChI=1S/C11H11BrCl2/c12-10-4-1-2-5(10)8-6(4)3-7-9(8)11(7,13)14/h1-2,4-10H,3H2. The van der Waals surface area contributed by atoms with Gasteiger partial charge in [-0.25, -0.2) is 0 Å². The fourth-order valence-corrected chi connectivity index (χ4v) is 6.36. The maximum Gasteiger partial charge on any atom is 0.125 e. The molecule has 0 N–H and O–H groups in total. The van der Waals surface area contributed by atoms with E-state index >= 15 is 0 Å². The molecule has 4 aliphatic rings. The van der Waals surface area contributed by atoms with Crippen LogP contribution in [-0.2, 0) is 0 Å². The van der Waals surface area contributed by atoms with E-state index in [-0.39, 0.29) is 4.33 Å². The summed E-state index contributed by atoms with van der Waals surface area (Å²) in [6, 6.07) is 0. The van der Waals surface area contributed by atoms with Crippen molar-refractivity contribution in [3.8, 4) is 0 Å². The van der Waals surface area contributed by atoms with Crippen molar-refractivity contribution in [2.24, 2.45) is 35.5 Å².